The first-order chi connectivity index (χ1) is 8.00. The van der Waals surface area contributed by atoms with E-state index in [-0.39, 0.29) is 10.6 Å². The van der Waals surface area contributed by atoms with Crippen molar-refractivity contribution in [2.24, 2.45) is 0 Å². The average molecular weight is 255 g/mol. The third-order valence-corrected chi connectivity index (χ3v) is 3.67. The number of hydrogen-bond acceptors (Lipinski definition) is 3. The number of H-pyrrole nitrogens is 1. The number of aromatic nitrogens is 2. The quantitative estimate of drug-likeness (QED) is 0.875. The second-order valence-electron chi connectivity index (χ2n) is 3.44. The molecular formula is C10H10FN3O2S. The molecular weight excluding hydrogens is 245 g/mol. The summed E-state index contributed by atoms with van der Waals surface area (Å²) in [5.74, 6) is -0.628. The largest absolute Gasteiger partial charge is 0.281 e. The zero-order valence-electron chi connectivity index (χ0n) is 8.94. The van der Waals surface area contributed by atoms with E-state index < -0.39 is 15.8 Å². The summed E-state index contributed by atoms with van der Waals surface area (Å²) in [4.78, 5) is 0.000697. The van der Waals surface area contributed by atoms with Crippen LogP contribution in [0, 0.1) is 12.7 Å². The van der Waals surface area contributed by atoms with E-state index in [2.05, 4.69) is 14.9 Å². The molecule has 7 heteroatoms. The first-order valence-corrected chi connectivity index (χ1v) is 6.26. The highest BCUT2D eigenvalue weighted by molar-refractivity contribution is 7.92. The molecule has 1 aromatic carbocycles. The predicted molar refractivity (Wildman–Crippen MR) is 60.5 cm³/mol. The molecule has 0 spiro atoms. The van der Waals surface area contributed by atoms with E-state index in [1.165, 1.54) is 24.4 Å². The Morgan fingerprint density at radius 3 is 2.65 bits per heavy atom. The standard InChI is InChI=1S/C10H10FN3O2S/c1-7-10(6-12-13-7)17(15,16)14-9-5-3-2-4-8(9)11/h2-6,14H,1H3,(H,12,13). The fourth-order valence-corrected chi connectivity index (χ4v) is 2.56. The van der Waals surface area contributed by atoms with Gasteiger partial charge in [0.2, 0.25) is 0 Å². The maximum atomic E-state index is 13.3. The number of nitrogens with zero attached hydrogens (tertiary/aromatic N) is 1. The Kier molecular flexibility index (Phi) is 2.84. The van der Waals surface area contributed by atoms with Gasteiger partial charge >= 0.3 is 0 Å². The minimum Gasteiger partial charge on any atom is -0.281 e. The van der Waals surface area contributed by atoms with Crippen LogP contribution in [0.3, 0.4) is 0 Å². The van der Waals surface area contributed by atoms with Crippen molar-refractivity contribution in [3.05, 3.63) is 42.0 Å². The minimum absolute atomic E-state index is 0.000697. The number of sulfonamides is 1. The third-order valence-electron chi connectivity index (χ3n) is 2.19. The number of para-hydroxylation sites is 1. The van der Waals surface area contributed by atoms with Gasteiger partial charge in [-0.1, -0.05) is 12.1 Å². The van der Waals surface area contributed by atoms with Gasteiger partial charge < -0.3 is 0 Å². The van der Waals surface area contributed by atoms with Crippen molar-refractivity contribution in [3.63, 3.8) is 0 Å². The van der Waals surface area contributed by atoms with Crippen LogP contribution in [0.2, 0.25) is 0 Å². The Bertz CT molecular complexity index is 637. The number of nitrogens with one attached hydrogen (secondary N) is 2. The molecule has 17 heavy (non-hydrogen) atoms. The molecule has 2 N–H and O–H groups in total. The van der Waals surface area contributed by atoms with Crippen LogP contribution in [0.15, 0.2) is 35.4 Å². The summed E-state index contributed by atoms with van der Waals surface area (Å²) in [6.45, 7) is 1.57. The normalized spacial score (nSPS) is 11.4. The maximum Gasteiger partial charge on any atom is 0.265 e. The van der Waals surface area contributed by atoms with E-state index in [0.717, 1.165) is 0 Å². The first-order valence-electron chi connectivity index (χ1n) is 4.78. The minimum atomic E-state index is -3.81. The molecule has 0 amide bonds. The molecule has 90 valence electrons. The van der Waals surface area contributed by atoms with Gasteiger partial charge in [-0.3, -0.25) is 9.82 Å². The van der Waals surface area contributed by atoms with Crippen LogP contribution >= 0.6 is 0 Å². The Balaban J connectivity index is 2.37. The fraction of sp³-hybridized carbons (Fsp3) is 0.100. The van der Waals surface area contributed by atoms with Crippen LogP contribution in [0.4, 0.5) is 10.1 Å². The molecule has 0 fully saturated rings. The van der Waals surface area contributed by atoms with E-state index in [1.54, 1.807) is 13.0 Å². The SMILES string of the molecule is Cc1[nH]ncc1S(=O)(=O)Nc1ccccc1F. The zero-order valence-corrected chi connectivity index (χ0v) is 9.75. The summed E-state index contributed by atoms with van der Waals surface area (Å²) < 4.78 is 39.3. The lowest BCUT2D eigenvalue weighted by molar-refractivity contribution is 0.598. The number of aryl methyl sites for hydroxylation is 1. The van der Waals surface area contributed by atoms with E-state index in [9.17, 15) is 12.8 Å². The molecule has 2 rings (SSSR count). The average Bonchev–Trinajstić information content (AvgIpc) is 2.68. The molecule has 0 radical (unpaired) electrons. The van der Waals surface area contributed by atoms with Crippen LogP contribution in [-0.4, -0.2) is 18.6 Å². The highest BCUT2D eigenvalue weighted by Crippen LogP contribution is 2.19. The first kappa shape index (κ1) is 11.6. The molecule has 0 aliphatic rings. The van der Waals surface area contributed by atoms with Gasteiger partial charge in [-0.25, -0.2) is 12.8 Å². The van der Waals surface area contributed by atoms with Gasteiger partial charge in [0.15, 0.2) is 0 Å². The number of hydrogen-bond donors (Lipinski definition) is 2. The number of benzene rings is 1. The highest BCUT2D eigenvalue weighted by atomic mass is 32.2. The molecule has 5 nitrogen and oxygen atoms in total. The van der Waals surface area contributed by atoms with Crippen molar-refractivity contribution in [1.29, 1.82) is 0 Å². The molecule has 0 aliphatic heterocycles. The monoisotopic (exact) mass is 255 g/mol. The Hall–Kier alpha value is -1.89. The summed E-state index contributed by atoms with van der Waals surface area (Å²) >= 11 is 0. The van der Waals surface area contributed by atoms with Crippen LogP contribution in [0.5, 0.6) is 0 Å². The molecule has 2 aromatic rings. The van der Waals surface area contributed by atoms with Crippen molar-refractivity contribution in [3.8, 4) is 0 Å². The van der Waals surface area contributed by atoms with Crippen molar-refractivity contribution < 1.29 is 12.8 Å². The summed E-state index contributed by atoms with van der Waals surface area (Å²) in [5, 5.41) is 6.13. The van der Waals surface area contributed by atoms with Gasteiger partial charge in [0.1, 0.15) is 10.7 Å². The molecule has 0 saturated heterocycles. The van der Waals surface area contributed by atoms with Gasteiger partial charge in [0.05, 0.1) is 17.6 Å². The molecule has 1 heterocycles. The lowest BCUT2D eigenvalue weighted by atomic mass is 10.3. The van der Waals surface area contributed by atoms with E-state index in [1.807, 2.05) is 0 Å². The Morgan fingerprint density at radius 2 is 2.06 bits per heavy atom. The number of rotatable bonds is 3. The van der Waals surface area contributed by atoms with Crippen LogP contribution in [0.1, 0.15) is 5.69 Å². The van der Waals surface area contributed by atoms with Crippen molar-refractivity contribution >= 4 is 15.7 Å². The highest BCUT2D eigenvalue weighted by Gasteiger charge is 2.19. The number of anilines is 1. The second-order valence-corrected chi connectivity index (χ2v) is 5.10. The van der Waals surface area contributed by atoms with Crippen LogP contribution in [-0.2, 0) is 10.0 Å². The summed E-state index contributed by atoms with van der Waals surface area (Å²) in [7, 11) is -3.81. The van der Waals surface area contributed by atoms with E-state index in [0.29, 0.717) is 5.69 Å². The van der Waals surface area contributed by atoms with Gasteiger partial charge in [-0.05, 0) is 19.1 Å². The number of halogens is 1. The zero-order chi connectivity index (χ0) is 12.5. The fourth-order valence-electron chi connectivity index (χ4n) is 1.35. The smallest absolute Gasteiger partial charge is 0.265 e. The van der Waals surface area contributed by atoms with Crippen molar-refractivity contribution in [2.75, 3.05) is 4.72 Å². The Labute approximate surface area is 97.7 Å². The molecule has 0 bridgehead atoms. The van der Waals surface area contributed by atoms with Crippen LogP contribution < -0.4 is 4.72 Å². The number of aromatic amines is 1. The predicted octanol–water partition coefficient (Wildman–Crippen LogP) is 1.66. The van der Waals surface area contributed by atoms with E-state index in [4.69, 9.17) is 0 Å². The topological polar surface area (TPSA) is 74.8 Å². The van der Waals surface area contributed by atoms with E-state index >= 15 is 0 Å². The Morgan fingerprint density at radius 1 is 1.35 bits per heavy atom. The molecule has 1 aromatic heterocycles. The van der Waals surface area contributed by atoms with Gasteiger partial charge in [0.25, 0.3) is 10.0 Å². The summed E-state index contributed by atoms with van der Waals surface area (Å²) in [6.07, 6.45) is 1.18. The molecule has 0 saturated carbocycles. The van der Waals surface area contributed by atoms with Crippen molar-refractivity contribution in [1.82, 2.24) is 10.2 Å². The molecule has 0 aliphatic carbocycles. The van der Waals surface area contributed by atoms with Crippen LogP contribution in [0.25, 0.3) is 0 Å². The molecule has 0 unspecified atom stereocenters. The maximum absolute atomic E-state index is 13.3. The third kappa shape index (κ3) is 2.28. The van der Waals surface area contributed by atoms with Gasteiger partial charge in [-0.15, -0.1) is 0 Å². The van der Waals surface area contributed by atoms with Crippen molar-refractivity contribution in [2.45, 2.75) is 11.8 Å². The molecule has 0 atom stereocenters. The second kappa shape index (κ2) is 4.17. The summed E-state index contributed by atoms with van der Waals surface area (Å²) in [5.41, 5.74) is 0.307. The lowest BCUT2D eigenvalue weighted by Crippen LogP contribution is -2.14. The summed E-state index contributed by atoms with van der Waals surface area (Å²) in [6, 6.07) is 5.56. The lowest BCUT2D eigenvalue weighted by Gasteiger charge is -2.07. The van der Waals surface area contributed by atoms with Gasteiger partial charge in [0, 0.05) is 0 Å². The van der Waals surface area contributed by atoms with Gasteiger partial charge in [-0.2, -0.15) is 5.10 Å².